The standard InChI is InChI=1S/C21H22ClN5OS/c1-13-3-6-18(14(2)11-13)26-7-9-27(10-8-26)21(29)25-24-19-16-12-15(22)4-5-17(16)23-20(19)28/h3-6,11-12,23,28H,7-10H2,1-2H3. The summed E-state index contributed by atoms with van der Waals surface area (Å²) in [7, 11) is 0. The topological polar surface area (TPSA) is 67.2 Å². The van der Waals surface area contributed by atoms with E-state index < -0.39 is 0 Å². The van der Waals surface area contributed by atoms with Gasteiger partial charge >= 0.3 is 0 Å². The highest BCUT2D eigenvalue weighted by atomic mass is 35.5. The van der Waals surface area contributed by atoms with Gasteiger partial charge in [0.25, 0.3) is 0 Å². The minimum Gasteiger partial charge on any atom is -0.493 e. The van der Waals surface area contributed by atoms with Crippen molar-refractivity contribution in [3.8, 4) is 5.88 Å². The van der Waals surface area contributed by atoms with Gasteiger partial charge in [-0.25, -0.2) is 0 Å². The molecule has 4 rings (SSSR count). The summed E-state index contributed by atoms with van der Waals surface area (Å²) in [5.74, 6) is -0.0477. The summed E-state index contributed by atoms with van der Waals surface area (Å²) in [6, 6.07) is 11.8. The van der Waals surface area contributed by atoms with Gasteiger partial charge in [0.15, 0.2) is 5.69 Å². The van der Waals surface area contributed by atoms with Crippen molar-refractivity contribution in [3.05, 3.63) is 52.5 Å². The number of azo groups is 1. The van der Waals surface area contributed by atoms with Gasteiger partial charge in [0, 0.05) is 42.3 Å². The maximum Gasteiger partial charge on any atom is 0.218 e. The number of hydrogen-bond donors (Lipinski definition) is 2. The first-order valence-corrected chi connectivity index (χ1v) is 10.2. The molecule has 0 aliphatic carbocycles. The molecule has 150 valence electrons. The lowest BCUT2D eigenvalue weighted by Crippen LogP contribution is -2.48. The Morgan fingerprint density at radius 3 is 2.59 bits per heavy atom. The van der Waals surface area contributed by atoms with Gasteiger partial charge < -0.3 is 19.9 Å². The molecule has 0 amide bonds. The van der Waals surface area contributed by atoms with Gasteiger partial charge in [0.05, 0.1) is 5.52 Å². The second-order valence-corrected chi connectivity index (χ2v) is 8.06. The van der Waals surface area contributed by atoms with Crippen molar-refractivity contribution in [1.82, 2.24) is 9.88 Å². The van der Waals surface area contributed by atoms with E-state index in [4.69, 9.17) is 23.8 Å². The van der Waals surface area contributed by atoms with E-state index in [1.807, 2.05) is 4.90 Å². The van der Waals surface area contributed by atoms with Crippen LogP contribution in [0.2, 0.25) is 5.02 Å². The molecule has 1 aromatic heterocycles. The number of aromatic amines is 1. The molecule has 1 saturated heterocycles. The lowest BCUT2D eigenvalue weighted by Gasteiger charge is -2.36. The number of fused-ring (bicyclic) bond motifs is 1. The number of aromatic nitrogens is 1. The first-order chi connectivity index (χ1) is 13.9. The Balaban J connectivity index is 1.44. The van der Waals surface area contributed by atoms with E-state index in [1.165, 1.54) is 16.8 Å². The Kier molecular flexibility index (Phi) is 5.43. The number of aromatic hydroxyl groups is 1. The lowest BCUT2D eigenvalue weighted by molar-refractivity contribution is 0.387. The van der Waals surface area contributed by atoms with Crippen LogP contribution in [0.1, 0.15) is 11.1 Å². The van der Waals surface area contributed by atoms with Crippen molar-refractivity contribution in [1.29, 1.82) is 0 Å². The molecule has 29 heavy (non-hydrogen) atoms. The molecule has 0 spiro atoms. The maximum atomic E-state index is 10.1. The van der Waals surface area contributed by atoms with E-state index in [0.29, 0.717) is 21.2 Å². The number of rotatable bonds is 2. The van der Waals surface area contributed by atoms with Gasteiger partial charge in [-0.05, 0) is 55.9 Å². The summed E-state index contributed by atoms with van der Waals surface area (Å²) in [6.45, 7) is 7.54. The predicted octanol–water partition coefficient (Wildman–Crippen LogP) is 5.33. The number of aryl methyl sites for hydroxylation is 2. The van der Waals surface area contributed by atoms with Crippen molar-refractivity contribution in [2.45, 2.75) is 13.8 Å². The van der Waals surface area contributed by atoms with Crippen LogP contribution in [0.15, 0.2) is 46.6 Å². The highest BCUT2D eigenvalue weighted by molar-refractivity contribution is 7.80. The summed E-state index contributed by atoms with van der Waals surface area (Å²) < 4.78 is 0. The Morgan fingerprint density at radius 2 is 1.86 bits per heavy atom. The highest BCUT2D eigenvalue weighted by Crippen LogP contribution is 2.36. The monoisotopic (exact) mass is 427 g/mol. The first kappa shape index (κ1) is 19.7. The summed E-state index contributed by atoms with van der Waals surface area (Å²) >= 11 is 11.5. The SMILES string of the molecule is Cc1ccc(N2CCN(C(=S)N=Nc3c(O)[nH]c4ccc(Cl)cc34)CC2)c(C)c1. The van der Waals surface area contributed by atoms with Crippen molar-refractivity contribution < 1.29 is 5.11 Å². The van der Waals surface area contributed by atoms with Crippen LogP contribution in [0.4, 0.5) is 11.4 Å². The fourth-order valence-corrected chi connectivity index (χ4v) is 4.09. The third-order valence-electron chi connectivity index (χ3n) is 5.19. The van der Waals surface area contributed by atoms with Gasteiger partial charge in [0.1, 0.15) is 0 Å². The molecule has 0 radical (unpaired) electrons. The minimum atomic E-state index is -0.0477. The van der Waals surface area contributed by atoms with Crippen molar-refractivity contribution in [2.75, 3.05) is 31.1 Å². The smallest absolute Gasteiger partial charge is 0.218 e. The van der Waals surface area contributed by atoms with Crippen molar-refractivity contribution in [2.24, 2.45) is 10.2 Å². The first-order valence-electron chi connectivity index (χ1n) is 9.45. The molecule has 1 aliphatic heterocycles. The van der Waals surface area contributed by atoms with Gasteiger partial charge in [0.2, 0.25) is 11.0 Å². The Morgan fingerprint density at radius 1 is 1.10 bits per heavy atom. The van der Waals surface area contributed by atoms with Gasteiger partial charge in [-0.2, -0.15) is 0 Å². The summed E-state index contributed by atoms with van der Waals surface area (Å²) in [4.78, 5) is 7.28. The van der Waals surface area contributed by atoms with Crippen LogP contribution >= 0.6 is 23.8 Å². The van der Waals surface area contributed by atoms with Gasteiger partial charge in [-0.3, -0.25) is 0 Å². The quantitative estimate of drug-likeness (QED) is 0.428. The molecule has 2 aromatic carbocycles. The molecular formula is C21H22ClN5OS. The number of halogens is 1. The van der Waals surface area contributed by atoms with Crippen molar-refractivity contribution >= 4 is 51.2 Å². The number of anilines is 1. The van der Waals surface area contributed by atoms with E-state index in [2.05, 4.69) is 52.2 Å². The number of piperazine rings is 1. The number of benzene rings is 2. The Bertz CT molecular complexity index is 1100. The minimum absolute atomic E-state index is 0.0477. The second-order valence-electron chi connectivity index (χ2n) is 7.26. The molecule has 1 fully saturated rings. The molecule has 0 atom stereocenters. The molecule has 2 heterocycles. The van der Waals surface area contributed by atoms with E-state index in [1.54, 1.807) is 18.2 Å². The fourth-order valence-electron chi connectivity index (χ4n) is 3.69. The second kappa shape index (κ2) is 8.00. The largest absolute Gasteiger partial charge is 0.493 e. The number of nitrogens with zero attached hydrogens (tertiary/aromatic N) is 4. The molecule has 1 aliphatic rings. The van der Waals surface area contributed by atoms with E-state index in [9.17, 15) is 5.11 Å². The highest BCUT2D eigenvalue weighted by Gasteiger charge is 2.20. The molecule has 2 N–H and O–H groups in total. The third-order valence-corrected chi connectivity index (χ3v) is 5.77. The molecule has 3 aromatic rings. The molecule has 0 unspecified atom stereocenters. The normalized spacial score (nSPS) is 14.9. The zero-order chi connectivity index (χ0) is 20.5. The van der Waals surface area contributed by atoms with Crippen LogP contribution in [-0.4, -0.2) is 46.3 Å². The average molecular weight is 428 g/mol. The summed E-state index contributed by atoms with van der Waals surface area (Å²) in [6.07, 6.45) is 0. The van der Waals surface area contributed by atoms with Gasteiger partial charge in [-0.1, -0.05) is 29.3 Å². The molecule has 0 bridgehead atoms. The van der Waals surface area contributed by atoms with Crippen LogP contribution in [0.3, 0.4) is 0 Å². The average Bonchev–Trinajstić information content (AvgIpc) is 3.00. The number of thiocarbonyl (C=S) groups is 1. The fraction of sp³-hybridized carbons (Fsp3) is 0.286. The molecular weight excluding hydrogens is 406 g/mol. The van der Waals surface area contributed by atoms with E-state index in [-0.39, 0.29) is 5.88 Å². The van der Waals surface area contributed by atoms with Crippen LogP contribution in [0, 0.1) is 13.8 Å². The molecule has 0 saturated carbocycles. The number of nitrogens with one attached hydrogen (secondary N) is 1. The third kappa shape index (κ3) is 4.06. The zero-order valence-corrected chi connectivity index (χ0v) is 17.9. The van der Waals surface area contributed by atoms with Crippen LogP contribution in [0.25, 0.3) is 10.9 Å². The summed E-state index contributed by atoms with van der Waals surface area (Å²) in [5.41, 5.74) is 4.92. The van der Waals surface area contributed by atoms with E-state index >= 15 is 0 Å². The predicted molar refractivity (Wildman–Crippen MR) is 122 cm³/mol. The zero-order valence-electron chi connectivity index (χ0n) is 16.3. The lowest BCUT2D eigenvalue weighted by atomic mass is 10.1. The van der Waals surface area contributed by atoms with Crippen LogP contribution in [-0.2, 0) is 0 Å². The van der Waals surface area contributed by atoms with E-state index in [0.717, 1.165) is 31.7 Å². The molecule has 8 heteroatoms. The maximum absolute atomic E-state index is 10.1. The Labute approximate surface area is 179 Å². The molecule has 6 nitrogen and oxygen atoms in total. The number of hydrogen-bond acceptors (Lipinski definition) is 4. The summed E-state index contributed by atoms with van der Waals surface area (Å²) in [5, 5.41) is 20.2. The van der Waals surface area contributed by atoms with Crippen LogP contribution in [0.5, 0.6) is 5.88 Å². The number of H-pyrrole nitrogens is 1. The van der Waals surface area contributed by atoms with Gasteiger partial charge in [-0.15, -0.1) is 10.2 Å². The van der Waals surface area contributed by atoms with Crippen molar-refractivity contribution in [3.63, 3.8) is 0 Å². The Hall–Kier alpha value is -2.64. The van der Waals surface area contributed by atoms with Crippen LogP contribution < -0.4 is 4.90 Å².